The number of phenolic OH excluding ortho intramolecular Hbond substituents is 1. The first kappa shape index (κ1) is 11.3. The molecule has 0 amide bonds. The van der Waals surface area contributed by atoms with E-state index in [0.29, 0.717) is 14.5 Å². The van der Waals surface area contributed by atoms with Crippen molar-refractivity contribution in [1.82, 2.24) is 0 Å². The summed E-state index contributed by atoms with van der Waals surface area (Å²) in [6, 6.07) is 3.25. The van der Waals surface area contributed by atoms with E-state index in [1.54, 1.807) is 12.1 Å². The third-order valence-electron chi connectivity index (χ3n) is 1.46. The lowest BCUT2D eigenvalue weighted by molar-refractivity contribution is -0.131. The van der Waals surface area contributed by atoms with Gasteiger partial charge in [0.1, 0.15) is 5.75 Å². The number of carboxylic acids is 1. The molecule has 0 aliphatic rings. The van der Waals surface area contributed by atoms with Gasteiger partial charge in [0.2, 0.25) is 0 Å². The number of aliphatic carboxylic acids is 1. The minimum Gasteiger partial charge on any atom is -0.506 e. The number of hydrogen-bond acceptors (Lipinski definition) is 2. The lowest BCUT2D eigenvalue weighted by atomic mass is 10.2. The van der Waals surface area contributed by atoms with E-state index < -0.39 is 5.97 Å². The number of benzene rings is 1. The summed E-state index contributed by atoms with van der Waals surface area (Å²) in [6.07, 6.45) is 2.47. The van der Waals surface area contributed by atoms with Crippen molar-refractivity contribution in [1.29, 1.82) is 0 Å². The molecule has 0 saturated heterocycles. The average molecular weight is 322 g/mol. The lowest BCUT2D eigenvalue weighted by Gasteiger charge is -2.01. The molecule has 1 aromatic rings. The zero-order chi connectivity index (χ0) is 10.7. The number of carboxylic acid groups (broad SMARTS) is 1. The van der Waals surface area contributed by atoms with Crippen LogP contribution in [0.25, 0.3) is 6.08 Å². The number of carbonyl (C=O) groups is 1. The van der Waals surface area contributed by atoms with Gasteiger partial charge in [-0.1, -0.05) is 0 Å². The van der Waals surface area contributed by atoms with Gasteiger partial charge in [0.25, 0.3) is 0 Å². The topological polar surface area (TPSA) is 57.5 Å². The van der Waals surface area contributed by atoms with Gasteiger partial charge in [-0.15, -0.1) is 0 Å². The van der Waals surface area contributed by atoms with Crippen molar-refractivity contribution >= 4 is 43.9 Å². The van der Waals surface area contributed by atoms with E-state index >= 15 is 0 Å². The summed E-state index contributed by atoms with van der Waals surface area (Å²) >= 11 is 6.29. The van der Waals surface area contributed by atoms with Crippen LogP contribution in [0.4, 0.5) is 0 Å². The zero-order valence-corrected chi connectivity index (χ0v) is 10.0. The van der Waals surface area contributed by atoms with Crippen molar-refractivity contribution in [3.63, 3.8) is 0 Å². The Morgan fingerprint density at radius 1 is 1.29 bits per heavy atom. The van der Waals surface area contributed by atoms with Crippen LogP contribution in [-0.4, -0.2) is 16.2 Å². The van der Waals surface area contributed by atoms with Gasteiger partial charge in [-0.25, -0.2) is 4.79 Å². The van der Waals surface area contributed by atoms with Crippen LogP contribution in [0, 0.1) is 0 Å². The van der Waals surface area contributed by atoms with Crippen LogP contribution in [0.1, 0.15) is 5.56 Å². The van der Waals surface area contributed by atoms with E-state index in [0.717, 1.165) is 6.08 Å². The van der Waals surface area contributed by atoms with Gasteiger partial charge in [-0.05, 0) is 55.6 Å². The molecule has 0 unspecified atom stereocenters. The van der Waals surface area contributed by atoms with Crippen molar-refractivity contribution in [2.75, 3.05) is 0 Å². The molecule has 0 aliphatic carbocycles. The number of phenols is 1. The van der Waals surface area contributed by atoms with Crippen molar-refractivity contribution < 1.29 is 15.0 Å². The second kappa shape index (κ2) is 4.61. The fourth-order valence-corrected chi connectivity index (χ4v) is 2.07. The molecule has 1 rings (SSSR count). The molecule has 0 radical (unpaired) electrons. The summed E-state index contributed by atoms with van der Waals surface area (Å²) in [6.45, 7) is 0. The minimum absolute atomic E-state index is 0.0949. The maximum Gasteiger partial charge on any atom is 0.328 e. The number of aromatic hydroxyl groups is 1. The fourth-order valence-electron chi connectivity index (χ4n) is 0.849. The van der Waals surface area contributed by atoms with E-state index in [1.807, 2.05) is 0 Å². The van der Waals surface area contributed by atoms with E-state index in [4.69, 9.17) is 5.11 Å². The molecule has 0 aromatic heterocycles. The molecule has 0 aliphatic heterocycles. The van der Waals surface area contributed by atoms with Crippen molar-refractivity contribution in [3.8, 4) is 5.75 Å². The van der Waals surface area contributed by atoms with Crippen molar-refractivity contribution in [2.45, 2.75) is 0 Å². The summed E-state index contributed by atoms with van der Waals surface area (Å²) in [4.78, 5) is 10.2. The molecule has 1 aromatic carbocycles. The molecule has 3 nitrogen and oxygen atoms in total. The number of hydrogen-bond donors (Lipinski definition) is 2. The predicted octanol–water partition coefficient (Wildman–Crippen LogP) is 3.02. The first-order chi connectivity index (χ1) is 6.50. The first-order valence-corrected chi connectivity index (χ1v) is 5.18. The zero-order valence-electron chi connectivity index (χ0n) is 6.87. The van der Waals surface area contributed by atoms with Crippen molar-refractivity contribution in [2.24, 2.45) is 0 Å². The van der Waals surface area contributed by atoms with Gasteiger partial charge in [-0.2, -0.15) is 0 Å². The molecule has 0 atom stereocenters. The highest BCUT2D eigenvalue weighted by Gasteiger charge is 2.04. The molecule has 14 heavy (non-hydrogen) atoms. The maximum atomic E-state index is 10.2. The Bertz CT molecular complexity index is 376. The fraction of sp³-hybridized carbons (Fsp3) is 0. The Kier molecular flexibility index (Phi) is 3.71. The average Bonchev–Trinajstić information content (AvgIpc) is 2.10. The Morgan fingerprint density at radius 2 is 1.79 bits per heavy atom. The van der Waals surface area contributed by atoms with Crippen LogP contribution in [0.2, 0.25) is 0 Å². The summed E-state index contributed by atoms with van der Waals surface area (Å²) in [5.41, 5.74) is 0.684. The monoisotopic (exact) mass is 320 g/mol. The van der Waals surface area contributed by atoms with E-state index in [-0.39, 0.29) is 5.75 Å². The highest BCUT2D eigenvalue weighted by atomic mass is 79.9. The second-order valence-electron chi connectivity index (χ2n) is 2.50. The Morgan fingerprint density at radius 3 is 2.21 bits per heavy atom. The van der Waals surface area contributed by atoms with Crippen LogP contribution in [0.15, 0.2) is 27.2 Å². The summed E-state index contributed by atoms with van der Waals surface area (Å²) in [5.74, 6) is -0.914. The third-order valence-corrected chi connectivity index (χ3v) is 2.67. The molecule has 0 bridgehead atoms. The van der Waals surface area contributed by atoms with Gasteiger partial charge < -0.3 is 10.2 Å². The molecule has 0 heterocycles. The first-order valence-electron chi connectivity index (χ1n) is 3.59. The smallest absolute Gasteiger partial charge is 0.328 e. The minimum atomic E-state index is -1.01. The van der Waals surface area contributed by atoms with E-state index in [1.165, 1.54) is 6.08 Å². The van der Waals surface area contributed by atoms with Gasteiger partial charge in [-0.3, -0.25) is 0 Å². The second-order valence-corrected chi connectivity index (χ2v) is 4.21. The van der Waals surface area contributed by atoms with Gasteiger partial charge in [0.15, 0.2) is 0 Å². The van der Waals surface area contributed by atoms with Crippen LogP contribution >= 0.6 is 31.9 Å². The summed E-state index contributed by atoms with van der Waals surface area (Å²) in [7, 11) is 0. The van der Waals surface area contributed by atoms with Crippen LogP contribution in [0.5, 0.6) is 5.75 Å². The predicted molar refractivity (Wildman–Crippen MR) is 60.2 cm³/mol. The maximum absolute atomic E-state index is 10.2. The number of rotatable bonds is 2. The van der Waals surface area contributed by atoms with Crippen LogP contribution in [0.3, 0.4) is 0 Å². The van der Waals surface area contributed by atoms with E-state index in [9.17, 15) is 9.90 Å². The Hall–Kier alpha value is -0.810. The number of halogens is 2. The highest BCUT2D eigenvalue weighted by Crippen LogP contribution is 2.33. The Balaban J connectivity index is 3.07. The molecular formula is C9H6Br2O3. The van der Waals surface area contributed by atoms with Crippen LogP contribution in [-0.2, 0) is 4.79 Å². The highest BCUT2D eigenvalue weighted by molar-refractivity contribution is 9.11. The van der Waals surface area contributed by atoms with Gasteiger partial charge in [0, 0.05) is 6.08 Å². The largest absolute Gasteiger partial charge is 0.506 e. The third kappa shape index (κ3) is 2.85. The van der Waals surface area contributed by atoms with Gasteiger partial charge in [0.05, 0.1) is 8.95 Å². The SMILES string of the molecule is O=C(O)C=Cc1cc(Br)c(O)c(Br)c1. The summed E-state index contributed by atoms with van der Waals surface area (Å²) < 4.78 is 1.02. The Labute approximate surface area is 97.3 Å². The van der Waals surface area contributed by atoms with E-state index in [2.05, 4.69) is 31.9 Å². The molecule has 2 N–H and O–H groups in total. The normalized spacial score (nSPS) is 10.7. The molecule has 0 fully saturated rings. The molecule has 74 valence electrons. The lowest BCUT2D eigenvalue weighted by Crippen LogP contribution is -1.85. The standard InChI is InChI=1S/C9H6Br2O3/c10-6-3-5(1-2-8(12)13)4-7(11)9(6)14/h1-4,14H,(H,12,13). The molecule has 0 spiro atoms. The quantitative estimate of drug-likeness (QED) is 0.823. The van der Waals surface area contributed by atoms with Crippen molar-refractivity contribution in [3.05, 3.63) is 32.7 Å². The van der Waals surface area contributed by atoms with Gasteiger partial charge >= 0.3 is 5.97 Å². The summed E-state index contributed by atoms with van der Waals surface area (Å²) in [5, 5.41) is 17.8. The van der Waals surface area contributed by atoms with Crippen LogP contribution < -0.4 is 0 Å². The molecular weight excluding hydrogens is 316 g/mol. The molecule has 0 saturated carbocycles. The molecule has 5 heteroatoms.